The van der Waals surface area contributed by atoms with Crippen LogP contribution in [0.5, 0.6) is 0 Å². The normalized spacial score (nSPS) is 11.0. The number of nitrogens with zero attached hydrogens (tertiary/aromatic N) is 2. The summed E-state index contributed by atoms with van der Waals surface area (Å²) in [6.07, 6.45) is 1.32. The van der Waals surface area contributed by atoms with Gasteiger partial charge in [-0.25, -0.2) is 5.43 Å². The second kappa shape index (κ2) is 8.55. The molecule has 142 valence electrons. The van der Waals surface area contributed by atoms with E-state index < -0.39 is 10.8 Å². The Morgan fingerprint density at radius 3 is 2.64 bits per heavy atom. The van der Waals surface area contributed by atoms with Crippen molar-refractivity contribution >= 4 is 56.9 Å². The molecule has 3 aromatic rings. The first kappa shape index (κ1) is 20.1. The Kier molecular flexibility index (Phi) is 6.13. The molecule has 0 bridgehead atoms. The first-order valence-electron chi connectivity index (χ1n) is 7.68. The standard InChI is InChI=1S/C18H10BrCl2N3O4/c19-15-8-11(24(26)27)2-5-13(15)17-6-3-12(28-17)9-22-23-18(25)14-4-1-10(20)7-16(14)21/h1-9H,(H,23,25)/b22-9-. The highest BCUT2D eigenvalue weighted by atomic mass is 79.9. The number of nitro groups is 1. The van der Waals surface area contributed by atoms with Crippen LogP contribution in [-0.2, 0) is 0 Å². The zero-order valence-electron chi connectivity index (χ0n) is 13.9. The lowest BCUT2D eigenvalue weighted by Gasteiger charge is -2.02. The van der Waals surface area contributed by atoms with Crippen LogP contribution in [0.1, 0.15) is 16.1 Å². The van der Waals surface area contributed by atoms with Crippen molar-refractivity contribution < 1.29 is 14.1 Å². The van der Waals surface area contributed by atoms with Gasteiger partial charge in [-0.05, 0) is 52.3 Å². The second-order valence-electron chi connectivity index (χ2n) is 5.45. The van der Waals surface area contributed by atoms with Gasteiger partial charge in [-0.15, -0.1) is 0 Å². The molecule has 1 aromatic heterocycles. The first-order chi connectivity index (χ1) is 13.3. The van der Waals surface area contributed by atoms with Gasteiger partial charge in [0.25, 0.3) is 11.6 Å². The summed E-state index contributed by atoms with van der Waals surface area (Å²) in [5.41, 5.74) is 3.19. The van der Waals surface area contributed by atoms with Crippen molar-refractivity contribution in [3.8, 4) is 11.3 Å². The molecular weight excluding hydrogens is 473 g/mol. The van der Waals surface area contributed by atoms with Crippen LogP contribution in [0.25, 0.3) is 11.3 Å². The second-order valence-corrected chi connectivity index (χ2v) is 7.14. The molecule has 0 fully saturated rings. The number of benzene rings is 2. The maximum absolute atomic E-state index is 12.1. The third kappa shape index (κ3) is 4.59. The van der Waals surface area contributed by atoms with Crippen LogP contribution in [0.2, 0.25) is 10.0 Å². The van der Waals surface area contributed by atoms with Crippen molar-refractivity contribution in [3.05, 3.63) is 84.5 Å². The van der Waals surface area contributed by atoms with E-state index in [9.17, 15) is 14.9 Å². The lowest BCUT2D eigenvalue weighted by Crippen LogP contribution is -2.17. The summed E-state index contributed by atoms with van der Waals surface area (Å²) >= 11 is 15.1. The van der Waals surface area contributed by atoms with Crippen LogP contribution in [0.15, 0.2) is 62.5 Å². The molecule has 2 aromatic carbocycles. The molecule has 0 aliphatic heterocycles. The Balaban J connectivity index is 1.71. The van der Waals surface area contributed by atoms with Crippen LogP contribution in [0.3, 0.4) is 0 Å². The van der Waals surface area contributed by atoms with Crippen molar-refractivity contribution in [1.82, 2.24) is 5.43 Å². The minimum Gasteiger partial charge on any atom is -0.455 e. The van der Waals surface area contributed by atoms with Gasteiger partial charge < -0.3 is 4.42 Å². The summed E-state index contributed by atoms with van der Waals surface area (Å²) in [6.45, 7) is 0. The maximum atomic E-state index is 12.1. The summed E-state index contributed by atoms with van der Waals surface area (Å²) in [7, 11) is 0. The van der Waals surface area contributed by atoms with Gasteiger partial charge in [0.05, 0.1) is 21.7 Å². The van der Waals surface area contributed by atoms with Gasteiger partial charge in [-0.3, -0.25) is 14.9 Å². The van der Waals surface area contributed by atoms with E-state index in [-0.39, 0.29) is 16.3 Å². The van der Waals surface area contributed by atoms with Crippen LogP contribution < -0.4 is 5.43 Å². The fourth-order valence-corrected chi connectivity index (χ4v) is 3.33. The van der Waals surface area contributed by atoms with E-state index in [1.807, 2.05) is 0 Å². The SMILES string of the molecule is O=C(N/N=C\c1ccc(-c2ccc([N+](=O)[O-])cc2Br)o1)c1ccc(Cl)cc1Cl. The number of nitro benzene ring substituents is 1. The topological polar surface area (TPSA) is 97.7 Å². The van der Waals surface area contributed by atoms with Crippen molar-refractivity contribution in [2.45, 2.75) is 0 Å². The number of furan rings is 1. The highest BCUT2D eigenvalue weighted by Gasteiger charge is 2.13. The van der Waals surface area contributed by atoms with Crippen LogP contribution >= 0.6 is 39.1 Å². The van der Waals surface area contributed by atoms with Gasteiger partial charge in [-0.2, -0.15) is 5.10 Å². The molecule has 7 nitrogen and oxygen atoms in total. The third-order valence-corrected chi connectivity index (χ3v) is 4.79. The molecule has 0 saturated carbocycles. The van der Waals surface area contributed by atoms with Crippen LogP contribution in [0.4, 0.5) is 5.69 Å². The molecule has 0 atom stereocenters. The van der Waals surface area contributed by atoms with Gasteiger partial charge in [0.1, 0.15) is 11.5 Å². The molecule has 1 amide bonds. The number of rotatable bonds is 5. The summed E-state index contributed by atoms with van der Waals surface area (Å²) in [5, 5.41) is 15.3. The Bertz CT molecular complexity index is 1100. The molecule has 0 radical (unpaired) electrons. The molecule has 1 N–H and O–H groups in total. The Labute approximate surface area is 177 Å². The largest absolute Gasteiger partial charge is 0.455 e. The van der Waals surface area contributed by atoms with E-state index in [0.29, 0.717) is 26.6 Å². The molecule has 0 spiro atoms. The fraction of sp³-hybridized carbons (Fsp3) is 0. The highest BCUT2D eigenvalue weighted by molar-refractivity contribution is 9.10. The fourth-order valence-electron chi connectivity index (χ4n) is 2.27. The van der Waals surface area contributed by atoms with E-state index in [2.05, 4.69) is 26.5 Å². The van der Waals surface area contributed by atoms with Crippen LogP contribution in [-0.4, -0.2) is 17.0 Å². The maximum Gasteiger partial charge on any atom is 0.272 e. The van der Waals surface area contributed by atoms with E-state index in [1.54, 1.807) is 24.3 Å². The van der Waals surface area contributed by atoms with Crippen LogP contribution in [0, 0.1) is 10.1 Å². The lowest BCUT2D eigenvalue weighted by atomic mass is 10.1. The molecule has 0 aliphatic carbocycles. The number of nitrogens with one attached hydrogen (secondary N) is 1. The number of carbonyl (C=O) groups is 1. The summed E-state index contributed by atoms with van der Waals surface area (Å²) in [5.74, 6) is 0.362. The smallest absolute Gasteiger partial charge is 0.272 e. The van der Waals surface area contributed by atoms with Gasteiger partial charge in [-0.1, -0.05) is 23.2 Å². The number of amides is 1. The number of non-ortho nitro benzene ring substituents is 1. The molecule has 3 rings (SSSR count). The molecular formula is C18H10BrCl2N3O4. The zero-order valence-corrected chi connectivity index (χ0v) is 17.0. The molecule has 0 aliphatic rings. The number of hydrogen-bond donors (Lipinski definition) is 1. The number of hydrogen-bond acceptors (Lipinski definition) is 5. The minimum atomic E-state index is -0.497. The Hall–Kier alpha value is -2.68. The minimum absolute atomic E-state index is 0.0347. The zero-order chi connectivity index (χ0) is 20.3. The third-order valence-electron chi connectivity index (χ3n) is 3.59. The number of carbonyl (C=O) groups excluding carboxylic acids is 1. The summed E-state index contributed by atoms with van der Waals surface area (Å²) in [4.78, 5) is 22.4. The average molecular weight is 483 g/mol. The van der Waals surface area contributed by atoms with Gasteiger partial charge in [0.2, 0.25) is 0 Å². The predicted molar refractivity (Wildman–Crippen MR) is 110 cm³/mol. The van der Waals surface area contributed by atoms with Gasteiger partial charge >= 0.3 is 0 Å². The van der Waals surface area contributed by atoms with Crippen molar-refractivity contribution in [3.63, 3.8) is 0 Å². The molecule has 0 saturated heterocycles. The first-order valence-corrected chi connectivity index (χ1v) is 9.22. The monoisotopic (exact) mass is 481 g/mol. The quantitative estimate of drug-likeness (QED) is 0.287. The molecule has 10 heteroatoms. The van der Waals surface area contributed by atoms with Gasteiger partial charge in [0.15, 0.2) is 0 Å². The van der Waals surface area contributed by atoms with E-state index >= 15 is 0 Å². The van der Waals surface area contributed by atoms with Crippen molar-refractivity contribution in [2.24, 2.45) is 5.10 Å². The number of halogens is 3. The average Bonchev–Trinajstić information content (AvgIpc) is 3.10. The molecule has 28 heavy (non-hydrogen) atoms. The van der Waals surface area contributed by atoms with E-state index in [0.717, 1.165) is 0 Å². The lowest BCUT2D eigenvalue weighted by molar-refractivity contribution is -0.384. The Morgan fingerprint density at radius 1 is 1.18 bits per heavy atom. The van der Waals surface area contributed by atoms with Crippen molar-refractivity contribution in [2.75, 3.05) is 0 Å². The predicted octanol–water partition coefficient (Wildman–Crippen LogP) is 5.69. The van der Waals surface area contributed by atoms with E-state index in [4.69, 9.17) is 27.6 Å². The van der Waals surface area contributed by atoms with Crippen molar-refractivity contribution in [1.29, 1.82) is 0 Å². The number of hydrazone groups is 1. The summed E-state index contributed by atoms with van der Waals surface area (Å²) in [6, 6.07) is 12.2. The highest BCUT2D eigenvalue weighted by Crippen LogP contribution is 2.32. The Morgan fingerprint density at radius 2 is 1.96 bits per heavy atom. The van der Waals surface area contributed by atoms with Gasteiger partial charge in [0, 0.05) is 27.2 Å². The molecule has 1 heterocycles. The van der Waals surface area contributed by atoms with E-state index in [1.165, 1.54) is 30.5 Å². The summed E-state index contributed by atoms with van der Waals surface area (Å²) < 4.78 is 6.15. The molecule has 0 unspecified atom stereocenters.